The quantitative estimate of drug-likeness (QED) is 0.548. The van der Waals surface area contributed by atoms with Crippen LogP contribution in [0.3, 0.4) is 0 Å². The van der Waals surface area contributed by atoms with Crippen LogP contribution in [0.15, 0.2) is 0 Å². The molecule has 0 aromatic heterocycles. The monoisotopic (exact) mass is 250 g/mol. The summed E-state index contributed by atoms with van der Waals surface area (Å²) in [6.45, 7) is 0. The van der Waals surface area contributed by atoms with Crippen LogP contribution >= 0.6 is 0 Å². The van der Waals surface area contributed by atoms with Crippen molar-refractivity contribution in [2.75, 3.05) is 0 Å². The minimum atomic E-state index is 0. The van der Waals surface area contributed by atoms with Gasteiger partial charge in [-0.1, -0.05) is 0 Å². The first-order valence-electron chi connectivity index (χ1n) is 0.289. The second-order valence-corrected chi connectivity index (χ2v) is 0. The molecule has 5 heteroatoms. The Kier molecular flexibility index (Phi) is 214. The van der Waals surface area contributed by atoms with Crippen molar-refractivity contribution in [2.45, 2.75) is 0 Å². The van der Waals surface area contributed by atoms with Crippen molar-refractivity contribution in [3.05, 3.63) is 0 Å². The van der Waals surface area contributed by atoms with E-state index in [0.717, 1.165) is 0 Å². The van der Waals surface area contributed by atoms with E-state index < -0.39 is 0 Å². The van der Waals surface area contributed by atoms with Crippen LogP contribution in [-0.2, 0) is 72.7 Å². The molecule has 0 atom stereocenters. The first-order chi connectivity index (χ1) is 1.00. The molecule has 0 spiro atoms. The predicted molar refractivity (Wildman–Crippen MR) is 0.686 cm³/mol. The Balaban J connectivity index is -0.00000000167. The molecule has 0 fully saturated rings. The van der Waals surface area contributed by atoms with Crippen molar-refractivity contribution < 1.29 is 72.7 Å². The van der Waals surface area contributed by atoms with Crippen molar-refractivity contribution in [1.29, 1.82) is 0 Å². The molecule has 2 radical (unpaired) electrons. The van der Waals surface area contributed by atoms with Gasteiger partial charge in [-0.05, 0) is 0 Å². The van der Waals surface area contributed by atoms with Crippen LogP contribution in [0.1, 0.15) is 0 Å². The summed E-state index contributed by atoms with van der Waals surface area (Å²) in [5.74, 6) is 0. The Hall–Kier alpha value is 1.97. The van der Waals surface area contributed by atoms with Crippen LogP contribution in [0.25, 0.3) is 0 Å². The van der Waals surface area contributed by atoms with Gasteiger partial charge in [-0.3, -0.25) is 0 Å². The topological polar surface area (TPSA) is 17.1 Å². The van der Waals surface area contributed by atoms with E-state index in [4.69, 9.17) is 3.57 Å². The Bertz CT molecular complexity index is 11.6. The van der Waals surface area contributed by atoms with Crippen LogP contribution in [-0.4, -0.2) is 0 Å². The summed E-state index contributed by atoms with van der Waals surface area (Å²) < 4.78 is 8.38. The maximum absolute atomic E-state index is 8.38. The Morgan fingerprint density at radius 2 is 1.20 bits per heavy atom. The van der Waals surface area contributed by atoms with E-state index in [2.05, 4.69) is 0 Å². The van der Waals surface area contributed by atoms with Gasteiger partial charge in [-0.15, -0.1) is 0 Å². The number of hydrogen-bond acceptors (Lipinski definition) is 1. The molecule has 0 aromatic rings. The Morgan fingerprint density at radius 1 is 1.20 bits per heavy atom. The summed E-state index contributed by atoms with van der Waals surface area (Å²) in [5, 5.41) is 0. The van der Waals surface area contributed by atoms with Gasteiger partial charge in [-0.2, -0.15) is 0 Å². The van der Waals surface area contributed by atoms with Crippen LogP contribution in [0, 0.1) is 0 Å². The summed E-state index contributed by atoms with van der Waals surface area (Å²) in [6, 6.07) is 0. The Labute approximate surface area is 72.1 Å². The fraction of sp³-hybridized carbons (Fsp3) is 0. The van der Waals surface area contributed by atoms with Crippen LogP contribution in [0.4, 0.5) is 0 Å². The second kappa shape index (κ2) is 38.0. The van der Waals surface area contributed by atoms with Crippen molar-refractivity contribution in [2.24, 2.45) is 0 Å². The zero-order valence-corrected chi connectivity index (χ0v) is 8.47. The van der Waals surface area contributed by atoms with Gasteiger partial charge in [0.1, 0.15) is 0 Å². The fourth-order valence-corrected chi connectivity index (χ4v) is 0. The summed E-state index contributed by atoms with van der Waals surface area (Å²) in [5.41, 5.74) is 0. The minimum absolute atomic E-state index is 0. The standard InChI is InChI=1S/Co.Fe.Mn.O.Zn. The molecule has 0 bridgehead atoms. The fourth-order valence-electron chi connectivity index (χ4n) is 0. The molecular weight excluding hydrogens is 251 g/mol. The van der Waals surface area contributed by atoms with E-state index in [1.54, 1.807) is 0 Å². The maximum atomic E-state index is 8.38. The molecule has 0 amide bonds. The molecule has 0 unspecified atom stereocenters. The van der Waals surface area contributed by atoms with Crippen LogP contribution < -0.4 is 0 Å². The summed E-state index contributed by atoms with van der Waals surface area (Å²) in [6.07, 6.45) is 0. The number of hydrogen-bond donors (Lipinski definition) is 0. The van der Waals surface area contributed by atoms with Crippen LogP contribution in [0.2, 0.25) is 0 Å². The van der Waals surface area contributed by atoms with E-state index in [9.17, 15) is 0 Å². The van der Waals surface area contributed by atoms with Gasteiger partial charge in [0, 0.05) is 50.9 Å². The summed E-state index contributed by atoms with van der Waals surface area (Å²) in [4.78, 5) is 0. The molecule has 0 N–H and O–H groups in total. The molecule has 0 aliphatic heterocycles. The van der Waals surface area contributed by atoms with Crippen molar-refractivity contribution in [3.63, 3.8) is 0 Å². The van der Waals surface area contributed by atoms with Gasteiger partial charge in [0.15, 0.2) is 0 Å². The average Bonchev–Trinajstić information content (AvgIpc) is 1.00. The first-order valence-corrected chi connectivity index (χ1v) is 1.50. The van der Waals surface area contributed by atoms with Crippen LogP contribution in [0.5, 0.6) is 0 Å². The summed E-state index contributed by atoms with van der Waals surface area (Å²) >= 11 is 0.125. The molecule has 0 aromatic carbocycles. The molecule has 0 heterocycles. The predicted octanol–water partition coefficient (Wildman–Crippen LogP) is -0.129. The van der Waals surface area contributed by atoms with Gasteiger partial charge >= 0.3 is 21.8 Å². The zero-order valence-electron chi connectivity index (χ0n) is 2.18. The first kappa shape index (κ1) is 28.2. The average molecular weight is 251 g/mol. The van der Waals surface area contributed by atoms with E-state index in [1.165, 1.54) is 0 Å². The molecule has 0 saturated carbocycles. The van der Waals surface area contributed by atoms with Crippen molar-refractivity contribution in [3.8, 4) is 0 Å². The molecule has 0 saturated heterocycles. The van der Waals surface area contributed by atoms with Gasteiger partial charge in [-0.25, -0.2) is 0 Å². The molecule has 0 aliphatic rings. The Morgan fingerprint density at radius 3 is 1.20 bits per heavy atom. The molecule has 5 heavy (non-hydrogen) atoms. The normalized spacial score (nSPS) is 1.20. The van der Waals surface area contributed by atoms with E-state index in [-0.39, 0.29) is 69.2 Å². The SMILES string of the molecule is [Co].[Fe].[Mn].[O]=[Zn]. The van der Waals surface area contributed by atoms with Gasteiger partial charge in [0.05, 0.1) is 0 Å². The van der Waals surface area contributed by atoms with Gasteiger partial charge < -0.3 is 0 Å². The molecule has 0 rings (SSSR count). The van der Waals surface area contributed by atoms with E-state index in [1.807, 2.05) is 0 Å². The van der Waals surface area contributed by atoms with Crippen molar-refractivity contribution >= 4 is 0 Å². The molecule has 0 aliphatic carbocycles. The third-order valence-electron chi connectivity index (χ3n) is 0. The van der Waals surface area contributed by atoms with Crippen molar-refractivity contribution in [1.82, 2.24) is 0 Å². The molecule has 32 valence electrons. The van der Waals surface area contributed by atoms with Gasteiger partial charge in [0.25, 0.3) is 0 Å². The second-order valence-electron chi connectivity index (χ2n) is 0. The summed E-state index contributed by atoms with van der Waals surface area (Å²) in [7, 11) is 0. The molecular formula is CoFeMnOZn. The third-order valence-corrected chi connectivity index (χ3v) is 0. The third kappa shape index (κ3) is 24.3. The molecule has 1 nitrogen and oxygen atoms in total. The zero-order chi connectivity index (χ0) is 2.00. The van der Waals surface area contributed by atoms with E-state index >= 15 is 0 Å². The van der Waals surface area contributed by atoms with E-state index in [0.29, 0.717) is 0 Å². The number of rotatable bonds is 0. The van der Waals surface area contributed by atoms with Gasteiger partial charge in [0.2, 0.25) is 0 Å².